The Bertz CT molecular complexity index is 655. The van der Waals surface area contributed by atoms with Crippen molar-refractivity contribution < 1.29 is 19.0 Å². The number of aromatic nitrogens is 2. The zero-order valence-corrected chi connectivity index (χ0v) is 10.9. The number of aromatic carboxylic acids is 1. The van der Waals surface area contributed by atoms with Crippen molar-refractivity contribution >= 4 is 17.6 Å². The SMILES string of the molecule is COc1c(Cl)cc(F)cc1-c1cc(C(=O)O)nn1C. The van der Waals surface area contributed by atoms with Crippen molar-refractivity contribution in [2.75, 3.05) is 7.11 Å². The van der Waals surface area contributed by atoms with Crippen molar-refractivity contribution in [2.45, 2.75) is 0 Å². The van der Waals surface area contributed by atoms with Crippen molar-refractivity contribution in [3.8, 4) is 17.0 Å². The van der Waals surface area contributed by atoms with Crippen molar-refractivity contribution in [2.24, 2.45) is 7.05 Å². The molecule has 5 nitrogen and oxygen atoms in total. The van der Waals surface area contributed by atoms with Crippen molar-refractivity contribution in [1.29, 1.82) is 0 Å². The molecule has 0 bridgehead atoms. The maximum absolute atomic E-state index is 13.4. The van der Waals surface area contributed by atoms with Crippen LogP contribution in [0.4, 0.5) is 4.39 Å². The number of carboxylic acids is 1. The van der Waals surface area contributed by atoms with E-state index in [9.17, 15) is 9.18 Å². The maximum Gasteiger partial charge on any atom is 0.356 e. The summed E-state index contributed by atoms with van der Waals surface area (Å²) in [5, 5.41) is 12.8. The number of hydrogen-bond donors (Lipinski definition) is 1. The Morgan fingerprint density at radius 1 is 1.47 bits per heavy atom. The van der Waals surface area contributed by atoms with Crippen molar-refractivity contribution in [3.05, 3.63) is 34.7 Å². The van der Waals surface area contributed by atoms with E-state index < -0.39 is 11.8 Å². The van der Waals surface area contributed by atoms with Gasteiger partial charge in [-0.25, -0.2) is 9.18 Å². The average Bonchev–Trinajstić information content (AvgIpc) is 2.70. The molecule has 0 radical (unpaired) electrons. The number of benzene rings is 1. The molecule has 2 aromatic rings. The van der Waals surface area contributed by atoms with Crippen molar-refractivity contribution in [1.82, 2.24) is 9.78 Å². The van der Waals surface area contributed by atoms with Gasteiger partial charge in [0.05, 0.1) is 17.8 Å². The number of carbonyl (C=O) groups is 1. The van der Waals surface area contributed by atoms with Crippen LogP contribution in [0.25, 0.3) is 11.3 Å². The fourth-order valence-corrected chi connectivity index (χ4v) is 2.07. The second-order valence-corrected chi connectivity index (χ2v) is 4.22. The summed E-state index contributed by atoms with van der Waals surface area (Å²) in [7, 11) is 2.96. The molecule has 100 valence electrons. The van der Waals surface area contributed by atoms with Crippen LogP contribution in [0.15, 0.2) is 18.2 Å². The average molecular weight is 285 g/mol. The van der Waals surface area contributed by atoms with Crippen LogP contribution in [-0.4, -0.2) is 28.0 Å². The topological polar surface area (TPSA) is 64.3 Å². The second kappa shape index (κ2) is 4.89. The van der Waals surface area contributed by atoms with Gasteiger partial charge >= 0.3 is 5.97 Å². The zero-order valence-electron chi connectivity index (χ0n) is 10.1. The molecule has 7 heteroatoms. The Balaban J connectivity index is 2.67. The number of nitrogens with zero attached hydrogens (tertiary/aromatic N) is 2. The van der Waals surface area contributed by atoms with Gasteiger partial charge < -0.3 is 9.84 Å². The summed E-state index contributed by atoms with van der Waals surface area (Å²) >= 11 is 5.90. The van der Waals surface area contributed by atoms with Gasteiger partial charge in [0.2, 0.25) is 0 Å². The summed E-state index contributed by atoms with van der Waals surface area (Å²) in [4.78, 5) is 10.9. The van der Waals surface area contributed by atoms with E-state index in [0.717, 1.165) is 6.07 Å². The van der Waals surface area contributed by atoms with E-state index in [1.165, 1.54) is 23.9 Å². The summed E-state index contributed by atoms with van der Waals surface area (Å²) in [6.07, 6.45) is 0. The summed E-state index contributed by atoms with van der Waals surface area (Å²) < 4.78 is 19.9. The zero-order chi connectivity index (χ0) is 14.2. The fraction of sp³-hybridized carbons (Fsp3) is 0.167. The molecular formula is C12H10ClFN2O3. The molecule has 2 rings (SSSR count). The van der Waals surface area contributed by atoms with E-state index in [1.54, 1.807) is 7.05 Å². The minimum Gasteiger partial charge on any atom is -0.494 e. The quantitative estimate of drug-likeness (QED) is 0.941. The van der Waals surface area contributed by atoms with Crippen LogP contribution < -0.4 is 4.74 Å². The minimum atomic E-state index is -1.16. The molecule has 0 atom stereocenters. The first-order chi connectivity index (χ1) is 8.93. The molecule has 0 saturated carbocycles. The molecule has 1 heterocycles. The molecule has 0 fully saturated rings. The highest BCUT2D eigenvalue weighted by Crippen LogP contribution is 2.37. The minimum absolute atomic E-state index is 0.107. The number of aryl methyl sites for hydroxylation is 1. The van der Waals surface area contributed by atoms with Gasteiger partial charge in [0.1, 0.15) is 11.6 Å². The van der Waals surface area contributed by atoms with Gasteiger partial charge in [0, 0.05) is 12.6 Å². The van der Waals surface area contributed by atoms with E-state index in [0.29, 0.717) is 11.3 Å². The van der Waals surface area contributed by atoms with Crippen LogP contribution in [0.2, 0.25) is 5.02 Å². The van der Waals surface area contributed by atoms with Crippen LogP contribution >= 0.6 is 11.6 Å². The lowest BCUT2D eigenvalue weighted by atomic mass is 10.1. The predicted molar refractivity (Wildman–Crippen MR) is 67.1 cm³/mol. The van der Waals surface area contributed by atoms with Gasteiger partial charge in [-0.2, -0.15) is 5.10 Å². The Morgan fingerprint density at radius 3 is 2.68 bits per heavy atom. The van der Waals surface area contributed by atoms with Crippen LogP contribution in [0.5, 0.6) is 5.75 Å². The Labute approximate surface area is 113 Å². The van der Waals surface area contributed by atoms with Gasteiger partial charge in [-0.3, -0.25) is 4.68 Å². The highest BCUT2D eigenvalue weighted by Gasteiger charge is 2.18. The molecule has 0 saturated heterocycles. The second-order valence-electron chi connectivity index (χ2n) is 3.81. The van der Waals surface area contributed by atoms with E-state index in [1.807, 2.05) is 0 Å². The molecule has 0 aliphatic carbocycles. The van der Waals surface area contributed by atoms with E-state index in [4.69, 9.17) is 21.4 Å². The fourth-order valence-electron chi connectivity index (χ4n) is 1.78. The van der Waals surface area contributed by atoms with E-state index in [-0.39, 0.29) is 16.5 Å². The molecule has 0 aliphatic rings. The Kier molecular flexibility index (Phi) is 3.44. The summed E-state index contributed by atoms with van der Waals surface area (Å²) in [5.74, 6) is -1.44. The third-order valence-corrected chi connectivity index (χ3v) is 2.87. The molecule has 19 heavy (non-hydrogen) atoms. The third-order valence-electron chi connectivity index (χ3n) is 2.59. The monoisotopic (exact) mass is 284 g/mol. The molecule has 1 N–H and O–H groups in total. The molecule has 1 aromatic heterocycles. The highest BCUT2D eigenvalue weighted by atomic mass is 35.5. The largest absolute Gasteiger partial charge is 0.494 e. The standard InChI is InChI=1S/C12H10ClFN2O3/c1-16-10(5-9(15-16)12(17)18)7-3-6(14)4-8(13)11(7)19-2/h3-5H,1-2H3,(H,17,18). The van der Waals surface area contributed by atoms with Gasteiger partial charge in [-0.05, 0) is 18.2 Å². The number of carboxylic acid groups (broad SMARTS) is 1. The predicted octanol–water partition coefficient (Wildman–Crippen LogP) is 2.59. The number of ether oxygens (including phenoxy) is 1. The van der Waals surface area contributed by atoms with E-state index >= 15 is 0 Å². The van der Waals surface area contributed by atoms with Crippen molar-refractivity contribution in [3.63, 3.8) is 0 Å². The van der Waals surface area contributed by atoms with Gasteiger partial charge in [-0.1, -0.05) is 11.6 Å². The van der Waals surface area contributed by atoms with Crippen LogP contribution in [-0.2, 0) is 7.05 Å². The number of halogens is 2. The molecule has 0 spiro atoms. The smallest absolute Gasteiger partial charge is 0.356 e. The maximum atomic E-state index is 13.4. The molecule has 0 amide bonds. The lowest BCUT2D eigenvalue weighted by Crippen LogP contribution is -2.00. The Morgan fingerprint density at radius 2 is 2.16 bits per heavy atom. The third kappa shape index (κ3) is 2.39. The molecule has 0 aliphatic heterocycles. The molecule has 1 aromatic carbocycles. The first kappa shape index (κ1) is 13.4. The first-order valence-electron chi connectivity index (χ1n) is 5.24. The normalized spacial score (nSPS) is 10.5. The number of hydrogen-bond acceptors (Lipinski definition) is 3. The van der Waals surface area contributed by atoms with Gasteiger partial charge in [-0.15, -0.1) is 0 Å². The lowest BCUT2D eigenvalue weighted by Gasteiger charge is -2.10. The van der Waals surface area contributed by atoms with Gasteiger partial charge in [0.25, 0.3) is 0 Å². The van der Waals surface area contributed by atoms with Crippen LogP contribution in [0, 0.1) is 5.82 Å². The number of methoxy groups -OCH3 is 1. The number of rotatable bonds is 3. The van der Waals surface area contributed by atoms with Crippen LogP contribution in [0.1, 0.15) is 10.5 Å². The molecular weight excluding hydrogens is 275 g/mol. The highest BCUT2D eigenvalue weighted by molar-refractivity contribution is 6.32. The summed E-state index contributed by atoms with van der Waals surface area (Å²) in [6, 6.07) is 3.67. The lowest BCUT2D eigenvalue weighted by molar-refractivity contribution is 0.0689. The van der Waals surface area contributed by atoms with E-state index in [2.05, 4.69) is 5.10 Å². The first-order valence-corrected chi connectivity index (χ1v) is 5.62. The van der Waals surface area contributed by atoms with Crippen LogP contribution in [0.3, 0.4) is 0 Å². The van der Waals surface area contributed by atoms with Gasteiger partial charge in [0.15, 0.2) is 5.69 Å². The Hall–Kier alpha value is -2.08. The molecule has 0 unspecified atom stereocenters. The summed E-state index contributed by atoms with van der Waals surface area (Å²) in [6.45, 7) is 0. The summed E-state index contributed by atoms with van der Waals surface area (Å²) in [5.41, 5.74) is 0.602.